The Labute approximate surface area is 125 Å². The number of carbonyl (C=O) groups excluding carboxylic acids is 1. The number of piperidine rings is 1. The van der Waals surface area contributed by atoms with Gasteiger partial charge >= 0.3 is 5.97 Å². The summed E-state index contributed by atoms with van der Waals surface area (Å²) in [6, 6.07) is 0. The Kier molecular flexibility index (Phi) is 5.99. The van der Waals surface area contributed by atoms with Crippen LogP contribution in [0.2, 0.25) is 0 Å². The van der Waals surface area contributed by atoms with E-state index in [1.807, 2.05) is 11.8 Å². The van der Waals surface area contributed by atoms with Gasteiger partial charge in [0.15, 0.2) is 0 Å². The minimum atomic E-state index is -0.757. The summed E-state index contributed by atoms with van der Waals surface area (Å²) in [5, 5.41) is 12.1. The normalized spacial score (nSPS) is 28.1. The van der Waals surface area contributed by atoms with Crippen LogP contribution >= 0.6 is 0 Å². The highest BCUT2D eigenvalue weighted by Gasteiger charge is 2.29. The second kappa shape index (κ2) is 7.75. The van der Waals surface area contributed by atoms with Crippen LogP contribution < -0.4 is 5.32 Å². The average molecular weight is 298 g/mol. The fourth-order valence-electron chi connectivity index (χ4n) is 3.22. The van der Waals surface area contributed by atoms with E-state index in [1.165, 1.54) is 0 Å². The fourth-order valence-corrected chi connectivity index (χ4v) is 3.22. The summed E-state index contributed by atoms with van der Waals surface area (Å²) >= 11 is 0. The Morgan fingerprint density at radius 1 is 1.48 bits per heavy atom. The van der Waals surface area contributed by atoms with Gasteiger partial charge in [-0.25, -0.2) is 0 Å². The van der Waals surface area contributed by atoms with E-state index in [-0.39, 0.29) is 24.3 Å². The lowest BCUT2D eigenvalue weighted by molar-refractivity contribution is -0.139. The highest BCUT2D eigenvalue weighted by atomic mass is 16.5. The van der Waals surface area contributed by atoms with Crippen molar-refractivity contribution in [1.29, 1.82) is 0 Å². The second-order valence-electron chi connectivity index (χ2n) is 6.22. The van der Waals surface area contributed by atoms with Crippen LogP contribution in [0.3, 0.4) is 0 Å². The highest BCUT2D eigenvalue weighted by molar-refractivity contribution is 5.77. The van der Waals surface area contributed by atoms with E-state index in [0.29, 0.717) is 25.5 Å². The first-order chi connectivity index (χ1) is 10.1. The summed E-state index contributed by atoms with van der Waals surface area (Å²) < 4.78 is 5.58. The number of hydrogen-bond donors (Lipinski definition) is 2. The van der Waals surface area contributed by atoms with Crippen molar-refractivity contribution in [3.63, 3.8) is 0 Å². The highest BCUT2D eigenvalue weighted by Crippen LogP contribution is 2.26. The Bertz CT molecular complexity index is 369. The molecule has 0 aromatic rings. The van der Waals surface area contributed by atoms with Crippen molar-refractivity contribution in [2.45, 2.75) is 38.7 Å². The van der Waals surface area contributed by atoms with Gasteiger partial charge in [0.1, 0.15) is 0 Å². The molecular formula is C15H26N2O4. The zero-order valence-electron chi connectivity index (χ0n) is 12.7. The zero-order chi connectivity index (χ0) is 15.2. The molecule has 1 amide bonds. The van der Waals surface area contributed by atoms with Crippen molar-refractivity contribution >= 4 is 11.9 Å². The third-order valence-corrected chi connectivity index (χ3v) is 4.52. The number of aliphatic carboxylic acids is 1. The molecule has 0 aliphatic carbocycles. The van der Waals surface area contributed by atoms with E-state index in [4.69, 9.17) is 9.84 Å². The number of carboxylic acids is 1. The molecule has 0 bridgehead atoms. The third-order valence-electron chi connectivity index (χ3n) is 4.52. The molecule has 0 aromatic heterocycles. The Hall–Kier alpha value is -1.14. The molecule has 2 saturated heterocycles. The summed E-state index contributed by atoms with van der Waals surface area (Å²) in [4.78, 5) is 25.1. The average Bonchev–Trinajstić information content (AvgIpc) is 2.47. The van der Waals surface area contributed by atoms with E-state index < -0.39 is 5.97 Å². The Balaban J connectivity index is 1.81. The van der Waals surface area contributed by atoms with Crippen molar-refractivity contribution in [3.05, 3.63) is 0 Å². The first-order valence-corrected chi connectivity index (χ1v) is 7.88. The summed E-state index contributed by atoms with van der Waals surface area (Å²) in [6.07, 6.45) is 2.56. The molecule has 0 radical (unpaired) electrons. The number of carboxylic acid groups (broad SMARTS) is 1. The molecule has 0 saturated carbocycles. The van der Waals surface area contributed by atoms with Gasteiger partial charge in [0, 0.05) is 32.6 Å². The topological polar surface area (TPSA) is 78.9 Å². The molecule has 0 aromatic carbocycles. The summed E-state index contributed by atoms with van der Waals surface area (Å²) in [5.74, 6) is -0.210. The molecule has 2 heterocycles. The van der Waals surface area contributed by atoms with Crippen LogP contribution in [-0.2, 0) is 14.3 Å². The van der Waals surface area contributed by atoms with Crippen molar-refractivity contribution in [2.24, 2.45) is 11.8 Å². The molecule has 6 nitrogen and oxygen atoms in total. The van der Waals surface area contributed by atoms with Gasteiger partial charge in [-0.1, -0.05) is 6.92 Å². The Morgan fingerprint density at radius 3 is 2.95 bits per heavy atom. The predicted molar refractivity (Wildman–Crippen MR) is 77.9 cm³/mol. The zero-order valence-corrected chi connectivity index (χ0v) is 12.7. The Morgan fingerprint density at radius 2 is 2.29 bits per heavy atom. The molecule has 2 aliphatic heterocycles. The van der Waals surface area contributed by atoms with Gasteiger partial charge in [-0.05, 0) is 24.7 Å². The number of nitrogens with one attached hydrogen (secondary N) is 1. The van der Waals surface area contributed by atoms with Gasteiger partial charge in [0.05, 0.1) is 19.1 Å². The number of ether oxygens (including phenoxy) is 1. The standard InChI is InChI=1S/C15H26N2O4/c1-11(7-15(19)20)12-3-2-5-17(10-12)14(18)8-13-9-16-4-6-21-13/h11-13,16H,2-10H2,1H3,(H,19,20). The van der Waals surface area contributed by atoms with E-state index in [2.05, 4.69) is 5.32 Å². The van der Waals surface area contributed by atoms with Crippen LogP contribution in [0.4, 0.5) is 0 Å². The van der Waals surface area contributed by atoms with E-state index >= 15 is 0 Å². The van der Waals surface area contributed by atoms with Gasteiger partial charge in [-0.3, -0.25) is 9.59 Å². The first kappa shape index (κ1) is 16.2. The first-order valence-electron chi connectivity index (χ1n) is 7.88. The number of likely N-dealkylation sites (tertiary alicyclic amines) is 1. The number of amides is 1. The molecule has 3 unspecified atom stereocenters. The number of hydrogen-bond acceptors (Lipinski definition) is 4. The maximum absolute atomic E-state index is 12.4. The maximum Gasteiger partial charge on any atom is 0.303 e. The minimum absolute atomic E-state index is 0.0249. The van der Waals surface area contributed by atoms with Crippen LogP contribution in [-0.4, -0.2) is 60.8 Å². The number of carbonyl (C=O) groups is 2. The predicted octanol–water partition coefficient (Wildman–Crippen LogP) is 0.714. The second-order valence-corrected chi connectivity index (χ2v) is 6.22. The van der Waals surface area contributed by atoms with Gasteiger partial charge in [0.2, 0.25) is 5.91 Å². The van der Waals surface area contributed by atoms with Crippen molar-refractivity contribution in [3.8, 4) is 0 Å². The maximum atomic E-state index is 12.4. The molecule has 3 atom stereocenters. The smallest absolute Gasteiger partial charge is 0.303 e. The molecule has 2 aliphatic rings. The van der Waals surface area contributed by atoms with Crippen LogP contribution in [0.15, 0.2) is 0 Å². The molecule has 6 heteroatoms. The van der Waals surface area contributed by atoms with Crippen LogP contribution in [0.5, 0.6) is 0 Å². The van der Waals surface area contributed by atoms with Crippen molar-refractivity contribution in [1.82, 2.24) is 10.2 Å². The van der Waals surface area contributed by atoms with Crippen LogP contribution in [0, 0.1) is 11.8 Å². The van der Waals surface area contributed by atoms with E-state index in [0.717, 1.165) is 32.5 Å². The molecular weight excluding hydrogens is 272 g/mol. The molecule has 0 spiro atoms. The van der Waals surface area contributed by atoms with Crippen molar-refractivity contribution in [2.75, 3.05) is 32.8 Å². The van der Waals surface area contributed by atoms with Gasteiger partial charge in [0.25, 0.3) is 0 Å². The lowest BCUT2D eigenvalue weighted by Gasteiger charge is -2.36. The molecule has 2 N–H and O–H groups in total. The van der Waals surface area contributed by atoms with Crippen LogP contribution in [0.25, 0.3) is 0 Å². The third kappa shape index (κ3) is 4.97. The molecule has 2 rings (SSSR count). The van der Waals surface area contributed by atoms with Gasteiger partial charge in [-0.2, -0.15) is 0 Å². The minimum Gasteiger partial charge on any atom is -0.481 e. The number of nitrogens with zero attached hydrogens (tertiary/aromatic N) is 1. The van der Waals surface area contributed by atoms with Gasteiger partial charge < -0.3 is 20.1 Å². The van der Waals surface area contributed by atoms with Gasteiger partial charge in [-0.15, -0.1) is 0 Å². The summed E-state index contributed by atoms with van der Waals surface area (Å²) in [6.45, 7) is 5.70. The van der Waals surface area contributed by atoms with E-state index in [9.17, 15) is 9.59 Å². The lowest BCUT2D eigenvalue weighted by atomic mass is 9.84. The molecule has 2 fully saturated rings. The van der Waals surface area contributed by atoms with Crippen molar-refractivity contribution < 1.29 is 19.4 Å². The lowest BCUT2D eigenvalue weighted by Crippen LogP contribution is -2.46. The van der Waals surface area contributed by atoms with E-state index in [1.54, 1.807) is 0 Å². The number of rotatable bonds is 5. The largest absolute Gasteiger partial charge is 0.481 e. The van der Waals surface area contributed by atoms with Crippen LogP contribution in [0.1, 0.15) is 32.6 Å². The quantitative estimate of drug-likeness (QED) is 0.781. The monoisotopic (exact) mass is 298 g/mol. The fraction of sp³-hybridized carbons (Fsp3) is 0.867. The molecule has 21 heavy (non-hydrogen) atoms. The summed E-state index contributed by atoms with van der Waals surface area (Å²) in [7, 11) is 0. The SMILES string of the molecule is CC(CC(=O)O)C1CCCN(C(=O)CC2CNCCO2)C1. The summed E-state index contributed by atoms with van der Waals surface area (Å²) in [5.41, 5.74) is 0. The molecule has 120 valence electrons. The number of morpholine rings is 1.